The van der Waals surface area contributed by atoms with Gasteiger partial charge in [-0.25, -0.2) is 0 Å². The molecule has 0 radical (unpaired) electrons. The van der Waals surface area contributed by atoms with E-state index >= 15 is 0 Å². The quantitative estimate of drug-likeness (QED) is 0.174. The SMILES string of the molecule is c1ccc2c(c1)Oc1ccccc1C21c2cc(-c3ccc4sc5ccccc5c4c3)oc2C2(c3ccccc3Oc3ccccc32)c2cc(-c3ccc4sc5ccccc5c4c3)oc21. The molecule has 2 spiro atoms. The number of benzene rings is 8. The Morgan fingerprint density at radius 1 is 0.297 bits per heavy atom. The van der Waals surface area contributed by atoms with Crippen LogP contribution in [0.2, 0.25) is 0 Å². The Morgan fingerprint density at radius 3 is 1.05 bits per heavy atom. The van der Waals surface area contributed by atoms with Gasteiger partial charge in [0.05, 0.1) is 0 Å². The molecule has 2 aliphatic heterocycles. The number of hydrogen-bond donors (Lipinski definition) is 0. The van der Waals surface area contributed by atoms with Crippen molar-refractivity contribution in [2.24, 2.45) is 0 Å². The standard InChI is InChI=1S/C58H32O4S2/c1-11-23-51-35(13-1)37-29-33(25-27-53(37)63-51)49-31-43-55(61-49)58(41-17-5-9-21-47(41)60-48-22-10-6-18-42(48)58)44-32-50(34-26-28-54-38(30-34)36-14-2-12-24-52(36)64-54)62-56(44)57(43)39-15-3-7-19-45(39)59-46-20-8-4-16-40(46)57/h1-32H. The Kier molecular flexibility index (Phi) is 6.82. The number of thiophene rings is 2. The molecule has 6 heterocycles. The fourth-order valence-corrected chi connectivity index (χ4v) is 13.4. The lowest BCUT2D eigenvalue weighted by Gasteiger charge is -2.48. The van der Waals surface area contributed by atoms with E-state index in [1.165, 1.54) is 40.3 Å². The van der Waals surface area contributed by atoms with Crippen molar-refractivity contribution in [1.29, 1.82) is 0 Å². The van der Waals surface area contributed by atoms with Crippen LogP contribution in [0, 0.1) is 0 Å². The zero-order valence-electron chi connectivity index (χ0n) is 33.9. The van der Waals surface area contributed by atoms with E-state index in [4.69, 9.17) is 18.3 Å². The van der Waals surface area contributed by atoms with Crippen molar-refractivity contribution < 1.29 is 18.3 Å². The molecular weight excluding hydrogens is 825 g/mol. The van der Waals surface area contributed by atoms with Crippen LogP contribution in [0.4, 0.5) is 0 Å². The highest BCUT2D eigenvalue weighted by molar-refractivity contribution is 7.26. The topological polar surface area (TPSA) is 44.7 Å². The van der Waals surface area contributed by atoms with Gasteiger partial charge in [-0.1, -0.05) is 109 Å². The van der Waals surface area contributed by atoms with Crippen molar-refractivity contribution in [2.75, 3.05) is 0 Å². The fraction of sp³-hybridized carbons (Fsp3) is 0.0345. The number of fused-ring (bicyclic) bond motifs is 20. The molecule has 0 unspecified atom stereocenters. The zero-order valence-corrected chi connectivity index (χ0v) is 35.6. The highest BCUT2D eigenvalue weighted by Gasteiger charge is 2.63. The Hall–Kier alpha value is -7.64. The van der Waals surface area contributed by atoms with Gasteiger partial charge in [0.15, 0.2) is 0 Å². The summed E-state index contributed by atoms with van der Waals surface area (Å²) in [6, 6.07) is 69.1. The summed E-state index contributed by atoms with van der Waals surface area (Å²) in [6.07, 6.45) is 0. The number of hydrogen-bond acceptors (Lipinski definition) is 6. The summed E-state index contributed by atoms with van der Waals surface area (Å²) in [6.45, 7) is 0. The molecule has 3 aliphatic rings. The minimum Gasteiger partial charge on any atom is -0.459 e. The van der Waals surface area contributed by atoms with E-state index in [1.807, 2.05) is 46.9 Å². The molecule has 0 atom stereocenters. The second kappa shape index (κ2) is 12.5. The summed E-state index contributed by atoms with van der Waals surface area (Å²) in [7, 11) is 0. The van der Waals surface area contributed by atoms with Crippen molar-refractivity contribution in [3.8, 4) is 45.6 Å². The van der Waals surface area contributed by atoms with Gasteiger partial charge in [0, 0.05) is 84.9 Å². The second-order valence-electron chi connectivity index (χ2n) is 17.0. The van der Waals surface area contributed by atoms with Crippen molar-refractivity contribution in [3.63, 3.8) is 0 Å². The van der Waals surface area contributed by atoms with Crippen LogP contribution >= 0.6 is 22.7 Å². The summed E-state index contributed by atoms with van der Waals surface area (Å²) < 4.78 is 34.2. The van der Waals surface area contributed by atoms with Gasteiger partial charge in [0.1, 0.15) is 56.9 Å². The van der Waals surface area contributed by atoms with Crippen molar-refractivity contribution in [3.05, 3.63) is 239 Å². The molecule has 0 amide bonds. The first-order chi connectivity index (χ1) is 31.7. The Labute approximate surface area is 374 Å². The van der Waals surface area contributed by atoms with Gasteiger partial charge in [-0.15, -0.1) is 22.7 Å². The normalized spacial score (nSPS) is 14.8. The lowest BCUT2D eigenvalue weighted by molar-refractivity contribution is 0.353. The molecule has 8 aromatic carbocycles. The molecule has 4 nitrogen and oxygen atoms in total. The third-order valence-corrected chi connectivity index (χ3v) is 16.2. The van der Waals surface area contributed by atoms with Crippen molar-refractivity contribution in [1.82, 2.24) is 0 Å². The largest absolute Gasteiger partial charge is 0.459 e. The van der Waals surface area contributed by atoms with Crippen LogP contribution < -0.4 is 9.47 Å². The summed E-state index contributed by atoms with van der Waals surface area (Å²) in [5, 5.41) is 4.92. The molecule has 0 saturated heterocycles. The fourth-order valence-electron chi connectivity index (χ4n) is 11.2. The maximum Gasteiger partial charge on any atom is 0.134 e. The first-order valence-electron chi connectivity index (χ1n) is 21.5. The van der Waals surface area contributed by atoms with Gasteiger partial charge in [0.25, 0.3) is 0 Å². The van der Waals surface area contributed by atoms with Crippen LogP contribution in [0.15, 0.2) is 203 Å². The predicted octanol–water partition coefficient (Wildman–Crippen LogP) is 16.2. The smallest absolute Gasteiger partial charge is 0.134 e. The summed E-state index contributed by atoms with van der Waals surface area (Å²) in [5.74, 6) is 6.32. The molecule has 1 aliphatic carbocycles. The summed E-state index contributed by atoms with van der Waals surface area (Å²) in [4.78, 5) is 0. The average Bonchev–Trinajstić information content (AvgIpc) is 4.16. The van der Waals surface area contributed by atoms with E-state index in [2.05, 4.69) is 170 Å². The molecule has 0 fully saturated rings. The third kappa shape index (κ3) is 4.36. The lowest BCUT2D eigenvalue weighted by Crippen LogP contribution is -2.46. The monoisotopic (exact) mass is 856 g/mol. The number of ether oxygens (including phenoxy) is 2. The third-order valence-electron chi connectivity index (χ3n) is 13.9. The van der Waals surface area contributed by atoms with Crippen LogP contribution in [0.3, 0.4) is 0 Å². The van der Waals surface area contributed by atoms with E-state index in [1.54, 1.807) is 0 Å². The van der Waals surface area contributed by atoms with Crippen LogP contribution in [0.25, 0.3) is 63.0 Å². The molecule has 0 saturated carbocycles. The zero-order chi connectivity index (χ0) is 41.7. The molecule has 300 valence electrons. The molecule has 12 aromatic rings. The Bertz CT molecular complexity index is 3560. The first-order valence-corrected chi connectivity index (χ1v) is 23.2. The van der Waals surface area contributed by atoms with E-state index in [-0.39, 0.29) is 0 Å². The summed E-state index contributed by atoms with van der Waals surface area (Å²) >= 11 is 3.64. The Balaban J connectivity index is 1.11. The van der Waals surface area contributed by atoms with Gasteiger partial charge in [0.2, 0.25) is 0 Å². The van der Waals surface area contributed by atoms with Gasteiger partial charge < -0.3 is 18.3 Å². The van der Waals surface area contributed by atoms with E-state index < -0.39 is 10.8 Å². The summed E-state index contributed by atoms with van der Waals surface area (Å²) in [5.41, 5.74) is 6.01. The highest BCUT2D eigenvalue weighted by atomic mass is 32.1. The maximum absolute atomic E-state index is 7.73. The van der Waals surface area contributed by atoms with E-state index in [9.17, 15) is 0 Å². The Morgan fingerprint density at radius 2 is 0.641 bits per heavy atom. The number of para-hydroxylation sites is 4. The van der Waals surface area contributed by atoms with Crippen LogP contribution in [-0.4, -0.2) is 0 Å². The molecular formula is C58H32O4S2. The number of furan rings is 2. The van der Waals surface area contributed by atoms with Crippen LogP contribution in [0.5, 0.6) is 23.0 Å². The maximum atomic E-state index is 7.73. The lowest BCUT2D eigenvalue weighted by atomic mass is 9.53. The average molecular weight is 857 g/mol. The predicted molar refractivity (Wildman–Crippen MR) is 258 cm³/mol. The van der Waals surface area contributed by atoms with Gasteiger partial charge >= 0.3 is 0 Å². The van der Waals surface area contributed by atoms with Crippen molar-refractivity contribution in [2.45, 2.75) is 10.8 Å². The van der Waals surface area contributed by atoms with E-state index in [0.29, 0.717) is 0 Å². The molecule has 4 aromatic heterocycles. The molecule has 0 N–H and O–H groups in total. The van der Waals surface area contributed by atoms with Gasteiger partial charge in [-0.3, -0.25) is 0 Å². The van der Waals surface area contributed by atoms with Crippen molar-refractivity contribution >= 4 is 63.0 Å². The molecule has 15 rings (SSSR count). The van der Waals surface area contributed by atoms with E-state index in [0.717, 1.165) is 90.5 Å². The first kappa shape index (κ1) is 34.9. The number of rotatable bonds is 2. The minimum absolute atomic E-state index is 0.778. The molecule has 0 bridgehead atoms. The minimum atomic E-state index is -0.984. The molecule has 64 heavy (non-hydrogen) atoms. The second-order valence-corrected chi connectivity index (χ2v) is 19.2. The van der Waals surface area contributed by atoms with Crippen LogP contribution in [-0.2, 0) is 10.8 Å². The molecule has 6 heteroatoms. The van der Waals surface area contributed by atoms with Crippen LogP contribution in [0.1, 0.15) is 44.9 Å². The van der Waals surface area contributed by atoms with Gasteiger partial charge in [-0.2, -0.15) is 0 Å². The van der Waals surface area contributed by atoms with Gasteiger partial charge in [-0.05, 0) is 84.9 Å². The highest BCUT2D eigenvalue weighted by Crippen LogP contribution is 2.68.